The quantitative estimate of drug-likeness (QED) is 0.893. The first-order valence-corrected chi connectivity index (χ1v) is 8.02. The summed E-state index contributed by atoms with van der Waals surface area (Å²) in [4.78, 5) is 14.2. The van der Waals surface area contributed by atoms with Crippen LogP contribution >= 0.6 is 0 Å². The molecule has 134 valence electrons. The maximum absolute atomic E-state index is 13.9. The predicted molar refractivity (Wildman–Crippen MR) is 84.9 cm³/mol. The molecule has 0 radical (unpaired) electrons. The third-order valence-electron chi connectivity index (χ3n) is 4.08. The van der Waals surface area contributed by atoms with Crippen molar-refractivity contribution in [3.63, 3.8) is 0 Å². The molecule has 1 saturated heterocycles. The monoisotopic (exact) mass is 351 g/mol. The van der Waals surface area contributed by atoms with Gasteiger partial charge in [0.2, 0.25) is 0 Å². The highest BCUT2D eigenvalue weighted by Gasteiger charge is 2.18. The summed E-state index contributed by atoms with van der Waals surface area (Å²) in [5.41, 5.74) is 0.224. The maximum Gasteiger partial charge on any atom is 0.273 e. The number of nitrogens with zero attached hydrogens (tertiary/aromatic N) is 2. The van der Waals surface area contributed by atoms with Gasteiger partial charge in [0.05, 0.1) is 19.8 Å². The summed E-state index contributed by atoms with van der Waals surface area (Å²) in [7, 11) is 0. The third-order valence-corrected chi connectivity index (χ3v) is 4.08. The number of aromatic nitrogens is 1. The van der Waals surface area contributed by atoms with Crippen LogP contribution in [0.15, 0.2) is 22.7 Å². The molecule has 0 spiro atoms. The number of hydrogen-bond donors (Lipinski definition) is 1. The van der Waals surface area contributed by atoms with Gasteiger partial charge in [-0.2, -0.15) is 0 Å². The van der Waals surface area contributed by atoms with E-state index in [-0.39, 0.29) is 17.8 Å². The highest BCUT2D eigenvalue weighted by Crippen LogP contribution is 2.16. The van der Waals surface area contributed by atoms with E-state index in [2.05, 4.69) is 15.4 Å². The van der Waals surface area contributed by atoms with Crippen LogP contribution in [0.2, 0.25) is 0 Å². The molecule has 0 unspecified atom stereocenters. The van der Waals surface area contributed by atoms with E-state index >= 15 is 0 Å². The first-order valence-electron chi connectivity index (χ1n) is 8.02. The molecule has 1 aromatic carbocycles. The summed E-state index contributed by atoms with van der Waals surface area (Å²) < 4.78 is 38.1. The number of hydrogen-bond acceptors (Lipinski definition) is 5. The highest BCUT2D eigenvalue weighted by atomic mass is 19.1. The van der Waals surface area contributed by atoms with Crippen molar-refractivity contribution in [2.75, 3.05) is 26.3 Å². The molecule has 1 amide bonds. The summed E-state index contributed by atoms with van der Waals surface area (Å²) in [5.74, 6) is -1.35. The van der Waals surface area contributed by atoms with Crippen molar-refractivity contribution in [1.29, 1.82) is 0 Å². The lowest BCUT2D eigenvalue weighted by molar-refractivity contribution is 0.0305. The van der Waals surface area contributed by atoms with Crippen LogP contribution in [0.1, 0.15) is 27.4 Å². The number of aryl methyl sites for hydroxylation is 1. The van der Waals surface area contributed by atoms with Gasteiger partial charge in [-0.1, -0.05) is 11.2 Å². The Morgan fingerprint density at radius 2 is 2.08 bits per heavy atom. The van der Waals surface area contributed by atoms with Crippen molar-refractivity contribution in [2.45, 2.75) is 20.0 Å². The third kappa shape index (κ3) is 4.21. The average molecular weight is 351 g/mol. The molecule has 0 atom stereocenters. The molecule has 8 heteroatoms. The van der Waals surface area contributed by atoms with Crippen molar-refractivity contribution in [1.82, 2.24) is 15.4 Å². The molecule has 25 heavy (non-hydrogen) atoms. The number of amides is 1. The minimum atomic E-state index is -0.698. The summed E-state index contributed by atoms with van der Waals surface area (Å²) in [6, 6.07) is 4.07. The topological polar surface area (TPSA) is 67.6 Å². The summed E-state index contributed by atoms with van der Waals surface area (Å²) in [6.45, 7) is 4.71. The Morgan fingerprint density at radius 3 is 2.84 bits per heavy atom. The van der Waals surface area contributed by atoms with Crippen molar-refractivity contribution in [2.24, 2.45) is 0 Å². The van der Waals surface area contributed by atoms with Crippen LogP contribution in [-0.4, -0.2) is 42.3 Å². The molecule has 1 aromatic heterocycles. The largest absolute Gasteiger partial charge is 0.379 e. The second-order valence-corrected chi connectivity index (χ2v) is 5.91. The first-order chi connectivity index (χ1) is 12.0. The van der Waals surface area contributed by atoms with Crippen molar-refractivity contribution < 1.29 is 22.8 Å². The fraction of sp³-hybridized carbons (Fsp3) is 0.412. The number of benzene rings is 1. The molecule has 0 bridgehead atoms. The normalized spacial score (nSPS) is 15.3. The van der Waals surface area contributed by atoms with E-state index in [1.54, 1.807) is 0 Å². The number of carbonyl (C=O) groups excluding carboxylic acids is 1. The van der Waals surface area contributed by atoms with E-state index in [0.717, 1.165) is 13.1 Å². The maximum atomic E-state index is 13.9. The Balaban J connectivity index is 1.59. The Bertz CT molecular complexity index is 758. The van der Waals surface area contributed by atoms with E-state index in [9.17, 15) is 13.6 Å². The molecule has 1 aliphatic heterocycles. The molecule has 3 rings (SSSR count). The van der Waals surface area contributed by atoms with Gasteiger partial charge in [-0.15, -0.1) is 0 Å². The Kier molecular flexibility index (Phi) is 5.40. The smallest absolute Gasteiger partial charge is 0.273 e. The van der Waals surface area contributed by atoms with E-state index in [1.165, 1.54) is 25.1 Å². The Hall–Kier alpha value is -2.32. The van der Waals surface area contributed by atoms with E-state index in [1.807, 2.05) is 0 Å². The molecule has 2 aromatic rings. The molecule has 0 saturated carbocycles. The highest BCUT2D eigenvalue weighted by molar-refractivity contribution is 5.92. The van der Waals surface area contributed by atoms with Crippen LogP contribution in [-0.2, 0) is 17.8 Å². The second-order valence-electron chi connectivity index (χ2n) is 5.91. The van der Waals surface area contributed by atoms with Crippen LogP contribution in [0.3, 0.4) is 0 Å². The van der Waals surface area contributed by atoms with Gasteiger partial charge in [-0.05, 0) is 18.6 Å². The summed E-state index contributed by atoms with van der Waals surface area (Å²) in [6.07, 6.45) is 0. The molecule has 6 nitrogen and oxygen atoms in total. The van der Waals surface area contributed by atoms with Crippen LogP contribution < -0.4 is 5.32 Å². The lowest BCUT2D eigenvalue weighted by Gasteiger charge is -2.25. The number of halogens is 2. The van der Waals surface area contributed by atoms with E-state index in [0.29, 0.717) is 31.1 Å². The number of nitrogens with one attached hydrogen (secondary N) is 1. The van der Waals surface area contributed by atoms with Gasteiger partial charge >= 0.3 is 0 Å². The standard InChI is InChI=1S/C17H19F2N3O3/c1-11-2-3-14(18)13(16(11)19)9-20-17(23)15-8-12(25-21-15)10-22-4-6-24-7-5-22/h2-3,8H,4-7,9-10H2,1H3,(H,20,23). The zero-order valence-electron chi connectivity index (χ0n) is 13.8. The molecule has 0 aliphatic carbocycles. The van der Waals surface area contributed by atoms with Crippen LogP contribution in [0.4, 0.5) is 8.78 Å². The lowest BCUT2D eigenvalue weighted by Crippen LogP contribution is -2.35. The fourth-order valence-electron chi connectivity index (χ4n) is 2.61. The number of morpholine rings is 1. The van der Waals surface area contributed by atoms with E-state index < -0.39 is 17.5 Å². The predicted octanol–water partition coefficient (Wildman–Crippen LogP) is 2.02. The lowest BCUT2D eigenvalue weighted by atomic mass is 10.1. The molecule has 2 heterocycles. The number of carbonyl (C=O) groups is 1. The number of ether oxygens (including phenoxy) is 1. The van der Waals surface area contributed by atoms with Gasteiger partial charge in [0.15, 0.2) is 11.5 Å². The molecule has 1 fully saturated rings. The minimum absolute atomic E-state index is 0.0803. The van der Waals surface area contributed by atoms with Crippen molar-refractivity contribution in [3.05, 3.63) is 52.4 Å². The fourth-order valence-corrected chi connectivity index (χ4v) is 2.61. The number of rotatable bonds is 5. The van der Waals surface area contributed by atoms with Crippen LogP contribution in [0, 0.1) is 18.6 Å². The van der Waals surface area contributed by atoms with Gasteiger partial charge in [-0.3, -0.25) is 9.69 Å². The molecular formula is C17H19F2N3O3. The second kappa shape index (κ2) is 7.71. The van der Waals surface area contributed by atoms with Gasteiger partial charge in [0, 0.05) is 31.3 Å². The SMILES string of the molecule is Cc1ccc(F)c(CNC(=O)c2cc(CN3CCOCC3)on2)c1F. The van der Waals surface area contributed by atoms with E-state index in [4.69, 9.17) is 9.26 Å². The molecular weight excluding hydrogens is 332 g/mol. The zero-order chi connectivity index (χ0) is 17.8. The molecule has 1 aliphatic rings. The summed E-state index contributed by atoms with van der Waals surface area (Å²) in [5, 5.41) is 6.19. The van der Waals surface area contributed by atoms with Gasteiger partial charge in [0.1, 0.15) is 11.6 Å². The van der Waals surface area contributed by atoms with Crippen LogP contribution in [0.25, 0.3) is 0 Å². The van der Waals surface area contributed by atoms with Crippen molar-refractivity contribution in [3.8, 4) is 0 Å². The minimum Gasteiger partial charge on any atom is -0.379 e. The van der Waals surface area contributed by atoms with Gasteiger partial charge in [-0.25, -0.2) is 8.78 Å². The Morgan fingerprint density at radius 1 is 1.32 bits per heavy atom. The first kappa shape index (κ1) is 17.5. The van der Waals surface area contributed by atoms with Gasteiger partial charge < -0.3 is 14.6 Å². The average Bonchev–Trinajstić information content (AvgIpc) is 3.07. The van der Waals surface area contributed by atoms with Gasteiger partial charge in [0.25, 0.3) is 5.91 Å². The van der Waals surface area contributed by atoms with Crippen molar-refractivity contribution >= 4 is 5.91 Å². The Labute approximate surface area is 143 Å². The molecule has 1 N–H and O–H groups in total. The zero-order valence-corrected chi connectivity index (χ0v) is 13.8. The van der Waals surface area contributed by atoms with Crippen LogP contribution in [0.5, 0.6) is 0 Å². The summed E-state index contributed by atoms with van der Waals surface area (Å²) >= 11 is 0.